The smallest absolute Gasteiger partial charge is 0.341 e. The van der Waals surface area contributed by atoms with Gasteiger partial charge < -0.3 is 4.42 Å². The highest BCUT2D eigenvalue weighted by atomic mass is 16.4. The van der Waals surface area contributed by atoms with E-state index in [1.165, 1.54) is 38.5 Å². The lowest BCUT2D eigenvalue weighted by molar-refractivity contribution is -0.130. The molecule has 0 aromatic carbocycles. The van der Waals surface area contributed by atoms with E-state index in [2.05, 4.69) is 21.2 Å². The number of hydrogen-bond donors (Lipinski definition) is 3. The number of urea groups is 1. The molecule has 0 aliphatic heterocycles. The molecule has 7 heteroatoms. The molecule has 1 aromatic rings. The van der Waals surface area contributed by atoms with Gasteiger partial charge in [0.15, 0.2) is 0 Å². The topological polar surface area (TPSA) is 96.3 Å². The summed E-state index contributed by atoms with van der Waals surface area (Å²) < 4.78 is 5.29. The van der Waals surface area contributed by atoms with Crippen LogP contribution in [0.4, 0.5) is 10.8 Å². The Morgan fingerprint density at radius 1 is 1.08 bits per heavy atom. The van der Waals surface area contributed by atoms with Crippen LogP contribution in [0.1, 0.15) is 56.4 Å². The summed E-state index contributed by atoms with van der Waals surface area (Å²) in [6.45, 7) is 3.58. The number of hydrazine groups is 1. The van der Waals surface area contributed by atoms with E-state index >= 15 is 0 Å². The number of aryl methyl sites for hydroxylation is 2. The summed E-state index contributed by atoms with van der Waals surface area (Å²) in [5.74, 6) is 2.98. The lowest BCUT2D eigenvalue weighted by atomic mass is 9.49. The molecular formula is C18H26N4O3. The van der Waals surface area contributed by atoms with Gasteiger partial charge in [0.1, 0.15) is 5.76 Å². The summed E-state index contributed by atoms with van der Waals surface area (Å²) in [6.07, 6.45) is 8.10. The molecule has 0 spiro atoms. The second-order valence-electron chi connectivity index (χ2n) is 8.38. The predicted molar refractivity (Wildman–Crippen MR) is 91.5 cm³/mol. The van der Waals surface area contributed by atoms with Crippen LogP contribution in [-0.4, -0.2) is 16.9 Å². The summed E-state index contributed by atoms with van der Waals surface area (Å²) in [6, 6.07) is -0.428. The zero-order chi connectivity index (χ0) is 17.6. The lowest BCUT2D eigenvalue weighted by Gasteiger charge is -2.56. The van der Waals surface area contributed by atoms with E-state index in [1.54, 1.807) is 13.8 Å². The van der Waals surface area contributed by atoms with E-state index in [1.807, 2.05) is 0 Å². The second-order valence-corrected chi connectivity index (χ2v) is 8.38. The highest BCUT2D eigenvalue weighted by Crippen LogP contribution is 2.61. The number of oxazole rings is 1. The quantitative estimate of drug-likeness (QED) is 0.733. The predicted octanol–water partition coefficient (Wildman–Crippen LogP) is 3.05. The zero-order valence-corrected chi connectivity index (χ0v) is 14.9. The number of amides is 3. The van der Waals surface area contributed by atoms with Crippen LogP contribution >= 0.6 is 0 Å². The highest BCUT2D eigenvalue weighted by molar-refractivity contribution is 5.89. The fourth-order valence-corrected chi connectivity index (χ4v) is 5.67. The molecule has 5 rings (SSSR count). The molecule has 4 saturated carbocycles. The summed E-state index contributed by atoms with van der Waals surface area (Å²) in [7, 11) is 0. The number of anilines is 1. The third kappa shape index (κ3) is 3.37. The van der Waals surface area contributed by atoms with Crippen LogP contribution < -0.4 is 16.2 Å². The van der Waals surface area contributed by atoms with Crippen molar-refractivity contribution in [1.82, 2.24) is 15.8 Å². The molecular weight excluding hydrogens is 320 g/mol. The maximum Gasteiger partial charge on any atom is 0.341 e. The van der Waals surface area contributed by atoms with Gasteiger partial charge in [0.25, 0.3) is 0 Å². The molecule has 4 bridgehead atoms. The molecule has 4 fully saturated rings. The number of hydrogen-bond acceptors (Lipinski definition) is 4. The van der Waals surface area contributed by atoms with Crippen LogP contribution in [0.2, 0.25) is 0 Å². The van der Waals surface area contributed by atoms with Gasteiger partial charge in [-0.15, -0.1) is 0 Å². The number of nitrogens with zero attached hydrogens (tertiary/aromatic N) is 1. The molecule has 25 heavy (non-hydrogen) atoms. The first-order valence-electron chi connectivity index (χ1n) is 9.21. The third-order valence-corrected chi connectivity index (χ3v) is 6.27. The first-order chi connectivity index (χ1) is 11.9. The van der Waals surface area contributed by atoms with Crippen LogP contribution in [-0.2, 0) is 4.79 Å². The molecule has 4 aliphatic carbocycles. The van der Waals surface area contributed by atoms with Crippen LogP contribution in [0.25, 0.3) is 0 Å². The molecule has 3 amide bonds. The normalized spacial score (nSPS) is 32.5. The summed E-state index contributed by atoms with van der Waals surface area (Å²) in [4.78, 5) is 28.3. The Labute approximate surface area is 147 Å². The fraction of sp³-hybridized carbons (Fsp3) is 0.722. The van der Waals surface area contributed by atoms with Crippen molar-refractivity contribution in [3.05, 3.63) is 11.5 Å². The molecule has 0 radical (unpaired) electrons. The average Bonchev–Trinajstić information content (AvgIpc) is 2.81. The Balaban J connectivity index is 1.27. The van der Waals surface area contributed by atoms with Crippen molar-refractivity contribution in [1.29, 1.82) is 0 Å². The largest absolute Gasteiger partial charge is 0.428 e. The van der Waals surface area contributed by atoms with Crippen molar-refractivity contribution < 1.29 is 14.0 Å². The van der Waals surface area contributed by atoms with Gasteiger partial charge in [-0.05, 0) is 75.5 Å². The van der Waals surface area contributed by atoms with Crippen molar-refractivity contribution in [3.63, 3.8) is 0 Å². The molecule has 1 aromatic heterocycles. The summed E-state index contributed by atoms with van der Waals surface area (Å²) in [5.41, 5.74) is 5.81. The van der Waals surface area contributed by atoms with E-state index in [0.29, 0.717) is 12.2 Å². The third-order valence-electron chi connectivity index (χ3n) is 6.27. The zero-order valence-electron chi connectivity index (χ0n) is 14.9. The number of rotatable bonds is 3. The summed E-state index contributed by atoms with van der Waals surface area (Å²) >= 11 is 0. The van der Waals surface area contributed by atoms with Crippen molar-refractivity contribution in [2.45, 2.75) is 58.8 Å². The van der Waals surface area contributed by atoms with E-state index in [0.717, 1.165) is 23.4 Å². The number of carbonyl (C=O) groups excluding carboxylic acids is 2. The van der Waals surface area contributed by atoms with Crippen molar-refractivity contribution in [3.8, 4) is 0 Å². The van der Waals surface area contributed by atoms with E-state index < -0.39 is 6.03 Å². The van der Waals surface area contributed by atoms with Crippen molar-refractivity contribution >= 4 is 18.0 Å². The molecule has 7 nitrogen and oxygen atoms in total. The molecule has 136 valence electrons. The van der Waals surface area contributed by atoms with E-state index in [4.69, 9.17) is 4.42 Å². The Morgan fingerprint density at radius 3 is 2.20 bits per heavy atom. The molecule has 0 unspecified atom stereocenters. The number of aromatic nitrogens is 1. The van der Waals surface area contributed by atoms with Crippen LogP contribution in [0.5, 0.6) is 0 Å². The minimum Gasteiger partial charge on any atom is -0.428 e. The average molecular weight is 346 g/mol. The fourth-order valence-electron chi connectivity index (χ4n) is 5.67. The van der Waals surface area contributed by atoms with Gasteiger partial charge in [-0.25, -0.2) is 10.2 Å². The van der Waals surface area contributed by atoms with Crippen LogP contribution in [0.15, 0.2) is 4.42 Å². The minimum absolute atomic E-state index is 0.114. The maximum atomic E-state index is 12.4. The molecule has 3 N–H and O–H groups in total. The van der Waals surface area contributed by atoms with Gasteiger partial charge in [0, 0.05) is 6.42 Å². The number of carbonyl (C=O) groups is 2. The minimum atomic E-state index is -0.555. The van der Waals surface area contributed by atoms with Gasteiger partial charge in [-0.3, -0.25) is 15.5 Å². The maximum absolute atomic E-state index is 12.4. The van der Waals surface area contributed by atoms with Gasteiger partial charge in [0.2, 0.25) is 5.91 Å². The molecule has 0 atom stereocenters. The Morgan fingerprint density at radius 2 is 1.68 bits per heavy atom. The van der Waals surface area contributed by atoms with Crippen molar-refractivity contribution in [2.75, 3.05) is 5.32 Å². The van der Waals surface area contributed by atoms with Gasteiger partial charge >= 0.3 is 12.0 Å². The number of nitrogens with one attached hydrogen (secondary N) is 3. The Bertz CT molecular complexity index is 642. The van der Waals surface area contributed by atoms with Gasteiger partial charge in [-0.2, -0.15) is 4.98 Å². The van der Waals surface area contributed by atoms with Crippen LogP contribution in [0, 0.1) is 37.0 Å². The molecule has 4 aliphatic rings. The Kier molecular flexibility index (Phi) is 3.96. The van der Waals surface area contributed by atoms with Gasteiger partial charge in [0.05, 0.1) is 5.69 Å². The standard InChI is InChI=1S/C18H26N4O3/c1-10-11(2)25-17(19-10)20-16(24)22-21-15(23)9-18-6-12-3-13(7-18)5-14(4-12)8-18/h12-14H,3-9H2,1-2H3,(H,21,23)(H2,19,20,22,24). The second kappa shape index (κ2) is 6.04. The van der Waals surface area contributed by atoms with Gasteiger partial charge in [-0.1, -0.05) is 0 Å². The lowest BCUT2D eigenvalue weighted by Crippen LogP contribution is -2.50. The van der Waals surface area contributed by atoms with Crippen molar-refractivity contribution in [2.24, 2.45) is 23.2 Å². The van der Waals surface area contributed by atoms with E-state index in [-0.39, 0.29) is 17.3 Å². The SMILES string of the molecule is Cc1nc(NC(=O)NNC(=O)CC23CC4CC(CC(C4)C2)C3)oc1C. The summed E-state index contributed by atoms with van der Waals surface area (Å²) in [5, 5.41) is 2.48. The first kappa shape index (κ1) is 16.4. The highest BCUT2D eigenvalue weighted by Gasteiger charge is 2.51. The molecule has 0 saturated heterocycles. The molecule has 1 heterocycles. The van der Waals surface area contributed by atoms with Crippen LogP contribution in [0.3, 0.4) is 0 Å². The Hall–Kier alpha value is -2.05. The van der Waals surface area contributed by atoms with E-state index in [9.17, 15) is 9.59 Å². The monoisotopic (exact) mass is 346 g/mol. The first-order valence-corrected chi connectivity index (χ1v) is 9.21.